The van der Waals surface area contributed by atoms with Gasteiger partial charge in [0.2, 0.25) is 0 Å². The van der Waals surface area contributed by atoms with Crippen LogP contribution in [0.1, 0.15) is 37.5 Å². The van der Waals surface area contributed by atoms with Crippen molar-refractivity contribution in [2.24, 2.45) is 10.9 Å². The van der Waals surface area contributed by atoms with E-state index in [4.69, 9.17) is 0 Å². The van der Waals surface area contributed by atoms with Gasteiger partial charge in [0, 0.05) is 37.5 Å². The number of nitrogens with zero attached hydrogens (tertiary/aromatic N) is 2. The van der Waals surface area contributed by atoms with Crippen LogP contribution in [-0.2, 0) is 0 Å². The zero-order chi connectivity index (χ0) is 15.8. The Balaban J connectivity index is 1.63. The van der Waals surface area contributed by atoms with Gasteiger partial charge in [-0.1, -0.05) is 19.9 Å². The maximum absolute atomic E-state index is 4.32. The highest BCUT2D eigenvalue weighted by Gasteiger charge is 2.15. The Labute approximate surface area is 139 Å². The highest BCUT2D eigenvalue weighted by molar-refractivity contribution is 7.10. The fraction of sp³-hybridized carbons (Fsp3) is 0.706. The number of hydrogen-bond donors (Lipinski definition) is 2. The van der Waals surface area contributed by atoms with Crippen LogP contribution in [-0.4, -0.2) is 50.6 Å². The molecular formula is C17H30N4S. The Bertz CT molecular complexity index is 436. The summed E-state index contributed by atoms with van der Waals surface area (Å²) in [7, 11) is 1.84. The lowest BCUT2D eigenvalue weighted by Crippen LogP contribution is -2.44. The lowest BCUT2D eigenvalue weighted by molar-refractivity contribution is 0.195. The van der Waals surface area contributed by atoms with Crippen molar-refractivity contribution in [2.45, 2.75) is 32.6 Å². The van der Waals surface area contributed by atoms with Crippen LogP contribution in [0.3, 0.4) is 0 Å². The number of rotatable bonds is 6. The third-order valence-electron chi connectivity index (χ3n) is 4.42. The summed E-state index contributed by atoms with van der Waals surface area (Å²) in [5.74, 6) is 2.33. The van der Waals surface area contributed by atoms with E-state index in [1.54, 1.807) is 0 Å². The maximum atomic E-state index is 4.32. The summed E-state index contributed by atoms with van der Waals surface area (Å²) in [4.78, 5) is 8.29. The van der Waals surface area contributed by atoms with Crippen molar-refractivity contribution in [3.63, 3.8) is 0 Å². The quantitative estimate of drug-likeness (QED) is 0.625. The van der Waals surface area contributed by atoms with Gasteiger partial charge in [0.25, 0.3) is 0 Å². The minimum Gasteiger partial charge on any atom is -0.356 e. The largest absolute Gasteiger partial charge is 0.356 e. The molecule has 1 aromatic rings. The molecule has 2 heterocycles. The van der Waals surface area contributed by atoms with Gasteiger partial charge in [-0.3, -0.25) is 4.99 Å². The van der Waals surface area contributed by atoms with E-state index in [2.05, 4.69) is 51.9 Å². The number of aliphatic imine (C=N–C) groups is 1. The van der Waals surface area contributed by atoms with Crippen molar-refractivity contribution >= 4 is 17.3 Å². The predicted molar refractivity (Wildman–Crippen MR) is 96.9 cm³/mol. The zero-order valence-electron chi connectivity index (χ0n) is 14.1. The van der Waals surface area contributed by atoms with Gasteiger partial charge in [0.15, 0.2) is 5.96 Å². The molecule has 4 nitrogen and oxygen atoms in total. The second-order valence-corrected chi connectivity index (χ2v) is 7.30. The van der Waals surface area contributed by atoms with E-state index in [0.717, 1.165) is 31.5 Å². The monoisotopic (exact) mass is 322 g/mol. The first-order chi connectivity index (χ1) is 10.7. The van der Waals surface area contributed by atoms with E-state index in [0.29, 0.717) is 5.92 Å². The molecule has 1 saturated heterocycles. The molecule has 0 saturated carbocycles. The number of likely N-dealkylation sites (tertiary alicyclic amines) is 1. The highest BCUT2D eigenvalue weighted by Crippen LogP contribution is 2.19. The van der Waals surface area contributed by atoms with Gasteiger partial charge in [-0.2, -0.15) is 0 Å². The predicted octanol–water partition coefficient (Wildman–Crippen LogP) is 2.75. The van der Waals surface area contributed by atoms with E-state index in [-0.39, 0.29) is 0 Å². The summed E-state index contributed by atoms with van der Waals surface area (Å²) >= 11 is 1.82. The van der Waals surface area contributed by atoms with Gasteiger partial charge in [-0.15, -0.1) is 11.3 Å². The Morgan fingerprint density at radius 2 is 2.18 bits per heavy atom. The first kappa shape index (κ1) is 17.3. The Morgan fingerprint density at radius 3 is 2.82 bits per heavy atom. The summed E-state index contributed by atoms with van der Waals surface area (Å²) in [6.45, 7) is 10.1. The third kappa shape index (κ3) is 5.61. The van der Waals surface area contributed by atoms with Crippen molar-refractivity contribution in [1.29, 1.82) is 0 Å². The molecule has 2 N–H and O–H groups in total. The molecule has 5 heteroatoms. The van der Waals surface area contributed by atoms with Crippen LogP contribution in [0.15, 0.2) is 22.5 Å². The molecule has 1 atom stereocenters. The second kappa shape index (κ2) is 9.16. The van der Waals surface area contributed by atoms with Crippen LogP contribution in [0.4, 0.5) is 0 Å². The van der Waals surface area contributed by atoms with E-state index in [1.807, 2.05) is 18.4 Å². The first-order valence-electron chi connectivity index (χ1n) is 8.39. The molecule has 1 aliphatic rings. The Morgan fingerprint density at radius 1 is 1.41 bits per heavy atom. The van der Waals surface area contributed by atoms with Crippen molar-refractivity contribution in [1.82, 2.24) is 15.5 Å². The summed E-state index contributed by atoms with van der Waals surface area (Å²) in [5.41, 5.74) is 0. The molecule has 1 unspecified atom stereocenters. The van der Waals surface area contributed by atoms with E-state index in [1.165, 1.54) is 30.8 Å². The number of nitrogens with one attached hydrogen (secondary N) is 2. The van der Waals surface area contributed by atoms with Crippen LogP contribution in [0.25, 0.3) is 0 Å². The summed E-state index contributed by atoms with van der Waals surface area (Å²) in [5, 5.41) is 9.00. The summed E-state index contributed by atoms with van der Waals surface area (Å²) in [6, 6.07) is 4.31. The molecule has 0 radical (unpaired) electrons. The smallest absolute Gasteiger partial charge is 0.191 e. The van der Waals surface area contributed by atoms with Crippen molar-refractivity contribution in [3.8, 4) is 0 Å². The molecule has 0 aliphatic carbocycles. The number of thiophene rings is 1. The van der Waals surface area contributed by atoms with Crippen LogP contribution in [0.2, 0.25) is 0 Å². The van der Waals surface area contributed by atoms with Crippen LogP contribution >= 0.6 is 11.3 Å². The Hall–Kier alpha value is -1.07. The minimum atomic E-state index is 0.516. The minimum absolute atomic E-state index is 0.516. The van der Waals surface area contributed by atoms with Gasteiger partial charge in [-0.25, -0.2) is 0 Å². The van der Waals surface area contributed by atoms with Gasteiger partial charge in [0.1, 0.15) is 0 Å². The van der Waals surface area contributed by atoms with E-state index < -0.39 is 0 Å². The fourth-order valence-corrected chi connectivity index (χ4v) is 3.55. The van der Waals surface area contributed by atoms with Gasteiger partial charge < -0.3 is 15.5 Å². The molecule has 1 aliphatic heterocycles. The SMILES string of the molecule is CN=C(NCCN1CCC(C)CC1)NCC(C)c1cccs1. The Kier molecular flexibility index (Phi) is 7.19. The number of hydrogen-bond acceptors (Lipinski definition) is 3. The van der Waals surface area contributed by atoms with Crippen molar-refractivity contribution in [3.05, 3.63) is 22.4 Å². The van der Waals surface area contributed by atoms with Gasteiger partial charge >= 0.3 is 0 Å². The van der Waals surface area contributed by atoms with Crippen molar-refractivity contribution in [2.75, 3.05) is 39.8 Å². The zero-order valence-corrected chi connectivity index (χ0v) is 15.0. The highest BCUT2D eigenvalue weighted by atomic mass is 32.1. The summed E-state index contributed by atoms with van der Waals surface area (Å²) < 4.78 is 0. The lowest BCUT2D eigenvalue weighted by Gasteiger charge is -2.30. The summed E-state index contributed by atoms with van der Waals surface area (Å²) in [6.07, 6.45) is 2.68. The maximum Gasteiger partial charge on any atom is 0.191 e. The van der Waals surface area contributed by atoms with Gasteiger partial charge in [-0.05, 0) is 43.3 Å². The molecule has 0 amide bonds. The molecule has 22 heavy (non-hydrogen) atoms. The van der Waals surface area contributed by atoms with Crippen LogP contribution in [0.5, 0.6) is 0 Å². The molecule has 0 spiro atoms. The molecule has 1 aromatic heterocycles. The number of piperidine rings is 1. The lowest BCUT2D eigenvalue weighted by atomic mass is 9.99. The molecule has 124 valence electrons. The van der Waals surface area contributed by atoms with Crippen LogP contribution < -0.4 is 10.6 Å². The number of guanidine groups is 1. The van der Waals surface area contributed by atoms with Gasteiger partial charge in [0.05, 0.1) is 0 Å². The first-order valence-corrected chi connectivity index (χ1v) is 9.27. The van der Waals surface area contributed by atoms with Crippen LogP contribution in [0, 0.1) is 5.92 Å². The second-order valence-electron chi connectivity index (χ2n) is 6.32. The van der Waals surface area contributed by atoms with Crippen molar-refractivity contribution < 1.29 is 0 Å². The topological polar surface area (TPSA) is 39.7 Å². The standard InChI is InChI=1S/C17H30N4S/c1-14-6-9-21(10-7-14)11-8-19-17(18-3)20-13-15(2)16-5-4-12-22-16/h4-5,12,14-15H,6-11,13H2,1-3H3,(H2,18,19,20). The molecular weight excluding hydrogens is 292 g/mol. The average Bonchev–Trinajstić information content (AvgIpc) is 3.06. The normalized spacial score (nSPS) is 19.1. The average molecular weight is 323 g/mol. The fourth-order valence-electron chi connectivity index (χ4n) is 2.76. The third-order valence-corrected chi connectivity index (χ3v) is 5.53. The molecule has 0 bridgehead atoms. The molecule has 2 rings (SSSR count). The molecule has 0 aromatic carbocycles. The molecule has 1 fully saturated rings. The van der Waals surface area contributed by atoms with E-state index >= 15 is 0 Å². The van der Waals surface area contributed by atoms with E-state index in [9.17, 15) is 0 Å².